The van der Waals surface area contributed by atoms with E-state index in [1.165, 1.54) is 31.4 Å². The summed E-state index contributed by atoms with van der Waals surface area (Å²) in [5.41, 5.74) is -1.08. The minimum Gasteiger partial charge on any atom is -0.496 e. The molecule has 2 aliphatic heterocycles. The Labute approximate surface area is 274 Å². The van der Waals surface area contributed by atoms with E-state index in [1.807, 2.05) is 4.90 Å². The van der Waals surface area contributed by atoms with Crippen LogP contribution in [0.5, 0.6) is 5.75 Å². The number of nitrogens with one attached hydrogen (secondary N) is 2. The predicted molar refractivity (Wildman–Crippen MR) is 170 cm³/mol. The molecule has 1 spiro atoms. The number of esters is 1. The van der Waals surface area contributed by atoms with Gasteiger partial charge in [0.1, 0.15) is 22.7 Å². The molecule has 1 amide bonds. The number of aliphatic hydroxyl groups is 1. The van der Waals surface area contributed by atoms with E-state index in [2.05, 4.69) is 17.2 Å². The van der Waals surface area contributed by atoms with Crippen molar-refractivity contribution in [3.63, 3.8) is 0 Å². The fraction of sp³-hybridized carbons (Fsp3) is 0.375. The van der Waals surface area contributed by atoms with E-state index in [1.54, 1.807) is 18.2 Å². The Balaban J connectivity index is 1.66. The first-order valence-corrected chi connectivity index (χ1v) is 15.3. The number of nitrogens with zero attached hydrogens (tertiary/aromatic N) is 2. The second kappa shape index (κ2) is 13.5. The molecule has 1 saturated carbocycles. The molecule has 2 fully saturated rings. The summed E-state index contributed by atoms with van der Waals surface area (Å²) in [6.45, 7) is 3.34. The third-order valence-electron chi connectivity index (χ3n) is 8.76. The zero-order valence-electron chi connectivity index (χ0n) is 25.1. The molecule has 3 aliphatic rings. The summed E-state index contributed by atoms with van der Waals surface area (Å²) in [5, 5.41) is 29.6. The number of rotatable bonds is 12. The van der Waals surface area contributed by atoms with Gasteiger partial charge in [0.15, 0.2) is 0 Å². The Morgan fingerprint density at radius 2 is 2.07 bits per heavy atom. The zero-order valence-corrected chi connectivity index (χ0v) is 26.6. The minimum atomic E-state index is -1.60. The maximum Gasteiger partial charge on any atom is 0.341 e. The van der Waals surface area contributed by atoms with E-state index in [9.17, 15) is 24.8 Å². The van der Waals surface area contributed by atoms with Crippen LogP contribution in [0.3, 0.4) is 0 Å². The van der Waals surface area contributed by atoms with E-state index in [0.29, 0.717) is 22.8 Å². The van der Waals surface area contributed by atoms with Crippen molar-refractivity contribution in [1.29, 1.82) is 0 Å². The Hall–Kier alpha value is -3.81. The maximum absolute atomic E-state index is 16.7. The molecular formula is C32H33Cl2FN4O7. The van der Waals surface area contributed by atoms with Crippen LogP contribution in [-0.2, 0) is 21.6 Å². The van der Waals surface area contributed by atoms with Gasteiger partial charge in [-0.3, -0.25) is 19.8 Å². The van der Waals surface area contributed by atoms with Gasteiger partial charge in [-0.05, 0) is 49.1 Å². The maximum atomic E-state index is 16.7. The van der Waals surface area contributed by atoms with Crippen LogP contribution in [0, 0.1) is 22.0 Å². The highest BCUT2D eigenvalue weighted by molar-refractivity contribution is 6.31. The average molecular weight is 676 g/mol. The first kappa shape index (κ1) is 33.6. The molecule has 4 atom stereocenters. The number of benzene rings is 2. The van der Waals surface area contributed by atoms with Crippen molar-refractivity contribution in [3.05, 3.63) is 97.8 Å². The number of anilines is 1. The highest BCUT2D eigenvalue weighted by Crippen LogP contribution is 2.57. The van der Waals surface area contributed by atoms with Gasteiger partial charge in [0.2, 0.25) is 5.91 Å². The standard InChI is InChI=1S/C32H33Cl2FN4O7/c1-17(33)5-4-6-23(35)28-29(36-14-19-11-27(45-2)21(30(41)46-3)13-25(19)39(43)44)26(16-40)38(15-18-7-8-18)32(28)22-10-9-20(34)12-24(22)37-31(32)42/h4-6,9-13,18,26,28-29,36,40H,1,7-8,14-16H2,2-3H3,(H,37,42)/b5-4-,23-6-/t26-,28-,29+,32+/m1/s1. The van der Waals surface area contributed by atoms with Crippen molar-refractivity contribution in [3.8, 4) is 5.75 Å². The van der Waals surface area contributed by atoms with Crippen molar-refractivity contribution in [2.45, 2.75) is 37.0 Å². The number of hydrogen-bond donors (Lipinski definition) is 3. The van der Waals surface area contributed by atoms with Crippen molar-refractivity contribution < 1.29 is 33.5 Å². The molecule has 11 nitrogen and oxygen atoms in total. The van der Waals surface area contributed by atoms with Gasteiger partial charge in [0.25, 0.3) is 5.69 Å². The number of fused-ring (bicyclic) bond motifs is 2. The summed E-state index contributed by atoms with van der Waals surface area (Å²) in [6.07, 6.45) is 5.81. The molecule has 244 valence electrons. The number of carbonyl (C=O) groups excluding carboxylic acids is 2. The van der Waals surface area contributed by atoms with Gasteiger partial charge >= 0.3 is 5.97 Å². The van der Waals surface area contributed by atoms with E-state index in [-0.39, 0.29) is 34.4 Å². The van der Waals surface area contributed by atoms with Gasteiger partial charge in [-0.15, -0.1) is 0 Å². The number of methoxy groups -OCH3 is 2. The monoisotopic (exact) mass is 674 g/mol. The molecule has 2 aromatic rings. The fourth-order valence-electron chi connectivity index (χ4n) is 6.63. The summed E-state index contributed by atoms with van der Waals surface area (Å²) in [5.74, 6) is -2.93. The number of nitro benzene ring substituents is 1. The lowest BCUT2D eigenvalue weighted by molar-refractivity contribution is -0.385. The van der Waals surface area contributed by atoms with Crippen LogP contribution in [0.4, 0.5) is 15.8 Å². The number of halogens is 3. The second-order valence-electron chi connectivity index (χ2n) is 11.4. The van der Waals surface area contributed by atoms with Gasteiger partial charge in [0.05, 0.1) is 37.7 Å². The minimum absolute atomic E-state index is 0.0428. The summed E-state index contributed by atoms with van der Waals surface area (Å²) < 4.78 is 26.8. The van der Waals surface area contributed by atoms with Gasteiger partial charge in [-0.2, -0.15) is 0 Å². The molecule has 2 aromatic carbocycles. The van der Waals surface area contributed by atoms with Crippen molar-refractivity contribution in [2.24, 2.45) is 11.8 Å². The number of ether oxygens (including phenoxy) is 2. The van der Waals surface area contributed by atoms with E-state index < -0.39 is 58.5 Å². The second-order valence-corrected chi connectivity index (χ2v) is 12.3. The topological polar surface area (TPSA) is 143 Å². The first-order valence-electron chi connectivity index (χ1n) is 14.5. The SMILES string of the molecule is C=C(Cl)/C=C\C=C(/F)[C@@H]1[C@@H](NCc2cc(OC)c(C(=O)OC)cc2[N+](=O)[O-])[C@@H](CO)N(CC2CC2)[C@]12C(=O)Nc1cc(Cl)ccc12. The van der Waals surface area contributed by atoms with Crippen LogP contribution in [0.2, 0.25) is 5.02 Å². The summed E-state index contributed by atoms with van der Waals surface area (Å²) in [6, 6.07) is 5.58. The third kappa shape index (κ3) is 6.03. The molecular weight excluding hydrogens is 642 g/mol. The number of nitro groups is 1. The molecule has 46 heavy (non-hydrogen) atoms. The van der Waals surface area contributed by atoms with Gasteiger partial charge in [-0.25, -0.2) is 9.18 Å². The number of amides is 1. The van der Waals surface area contributed by atoms with Crippen molar-refractivity contribution >= 4 is 46.5 Å². The molecule has 0 radical (unpaired) electrons. The number of allylic oxidation sites excluding steroid dienone is 4. The Morgan fingerprint density at radius 3 is 2.67 bits per heavy atom. The van der Waals surface area contributed by atoms with E-state index >= 15 is 4.39 Å². The van der Waals surface area contributed by atoms with Gasteiger partial charge in [0, 0.05) is 52.1 Å². The fourth-order valence-corrected chi connectivity index (χ4v) is 6.88. The molecule has 1 saturated heterocycles. The Morgan fingerprint density at radius 1 is 1.33 bits per heavy atom. The Bertz CT molecular complexity index is 1650. The molecule has 0 unspecified atom stereocenters. The molecule has 0 aromatic heterocycles. The molecule has 1 aliphatic carbocycles. The molecule has 0 bridgehead atoms. The molecule has 5 rings (SSSR count). The lowest BCUT2D eigenvalue weighted by Gasteiger charge is -2.38. The normalized spacial score (nSPS) is 24.3. The number of likely N-dealkylation sites (tertiary alicyclic amines) is 1. The van der Waals surface area contributed by atoms with Crippen LogP contribution < -0.4 is 15.4 Å². The third-order valence-corrected chi connectivity index (χ3v) is 9.12. The predicted octanol–water partition coefficient (Wildman–Crippen LogP) is 5.21. The van der Waals surface area contributed by atoms with Gasteiger partial charge in [-0.1, -0.05) is 41.9 Å². The van der Waals surface area contributed by atoms with E-state index in [4.69, 9.17) is 32.7 Å². The average Bonchev–Trinajstić information content (AvgIpc) is 3.74. The van der Waals surface area contributed by atoms with Crippen molar-refractivity contribution in [1.82, 2.24) is 10.2 Å². The smallest absolute Gasteiger partial charge is 0.341 e. The number of carbonyl (C=O) groups is 2. The number of aliphatic hydroxyl groups excluding tert-OH is 1. The lowest BCUT2D eigenvalue weighted by atomic mass is 9.76. The summed E-state index contributed by atoms with van der Waals surface area (Å²) >= 11 is 12.1. The van der Waals surface area contributed by atoms with Crippen LogP contribution in [0.15, 0.2) is 66.0 Å². The van der Waals surface area contributed by atoms with Crippen LogP contribution in [0.1, 0.15) is 34.3 Å². The lowest BCUT2D eigenvalue weighted by Crippen LogP contribution is -2.54. The first-order chi connectivity index (χ1) is 22.0. The summed E-state index contributed by atoms with van der Waals surface area (Å²) in [7, 11) is 2.46. The summed E-state index contributed by atoms with van der Waals surface area (Å²) in [4.78, 5) is 39.9. The van der Waals surface area contributed by atoms with Gasteiger partial charge < -0.3 is 25.2 Å². The molecule has 14 heteroatoms. The number of hydrogen-bond acceptors (Lipinski definition) is 9. The molecule has 3 N–H and O–H groups in total. The van der Waals surface area contributed by atoms with Crippen LogP contribution >= 0.6 is 23.2 Å². The molecule has 2 heterocycles. The quantitative estimate of drug-likeness (QED) is 0.120. The van der Waals surface area contributed by atoms with E-state index in [0.717, 1.165) is 26.0 Å². The van der Waals surface area contributed by atoms with Crippen molar-refractivity contribution in [2.75, 3.05) is 32.7 Å². The highest BCUT2D eigenvalue weighted by Gasteiger charge is 2.67. The van der Waals surface area contributed by atoms with Crippen LogP contribution in [-0.4, -0.2) is 66.3 Å². The zero-order chi connectivity index (χ0) is 33.3. The van der Waals surface area contributed by atoms with Crippen LogP contribution in [0.25, 0.3) is 0 Å². The largest absolute Gasteiger partial charge is 0.496 e. The Kier molecular flexibility index (Phi) is 9.85. The highest BCUT2D eigenvalue weighted by atomic mass is 35.5.